The third-order valence-electron chi connectivity index (χ3n) is 4.98. The van der Waals surface area contributed by atoms with E-state index in [0.29, 0.717) is 17.1 Å². The average Bonchev–Trinajstić information content (AvgIpc) is 3.25. The van der Waals surface area contributed by atoms with E-state index in [4.69, 9.17) is 4.74 Å². The van der Waals surface area contributed by atoms with Crippen molar-refractivity contribution in [1.29, 1.82) is 0 Å². The van der Waals surface area contributed by atoms with Crippen molar-refractivity contribution < 1.29 is 9.53 Å². The van der Waals surface area contributed by atoms with Gasteiger partial charge in [-0.2, -0.15) is 0 Å². The molecule has 4 aromatic rings. The minimum absolute atomic E-state index is 0.197. The summed E-state index contributed by atoms with van der Waals surface area (Å²) < 4.78 is 8.27. The molecule has 168 valence electrons. The van der Waals surface area contributed by atoms with E-state index in [-0.39, 0.29) is 12.5 Å². The molecule has 0 aliphatic carbocycles. The van der Waals surface area contributed by atoms with Gasteiger partial charge in [0.15, 0.2) is 11.0 Å². The number of ether oxygens (including phenoxy) is 1. The number of nitrogens with zero attached hydrogens (tertiary/aromatic N) is 3. The van der Waals surface area contributed by atoms with Crippen LogP contribution in [0.5, 0.6) is 5.75 Å². The zero-order chi connectivity index (χ0) is 23.2. The molecule has 0 fully saturated rings. The number of carbonyl (C=O) groups is 1. The van der Waals surface area contributed by atoms with Gasteiger partial charge in [0, 0.05) is 21.5 Å². The van der Waals surface area contributed by atoms with Crippen molar-refractivity contribution in [2.75, 3.05) is 7.11 Å². The zero-order valence-electron chi connectivity index (χ0n) is 18.3. The Morgan fingerprint density at radius 2 is 1.85 bits per heavy atom. The van der Waals surface area contributed by atoms with Gasteiger partial charge in [-0.15, -0.1) is 10.2 Å². The SMILES string of the molecule is COc1cccc(C(=O)NCc2nnc(SCc3ccc(Br)cc3)n2-c2cccc(C)c2)c1. The van der Waals surface area contributed by atoms with Gasteiger partial charge < -0.3 is 10.1 Å². The lowest BCUT2D eigenvalue weighted by molar-refractivity contribution is 0.0949. The largest absolute Gasteiger partial charge is 0.497 e. The van der Waals surface area contributed by atoms with Crippen molar-refractivity contribution in [3.8, 4) is 11.4 Å². The van der Waals surface area contributed by atoms with E-state index in [2.05, 4.69) is 49.6 Å². The number of aromatic nitrogens is 3. The van der Waals surface area contributed by atoms with Crippen LogP contribution in [0.4, 0.5) is 0 Å². The molecule has 4 rings (SSSR count). The van der Waals surface area contributed by atoms with Crippen molar-refractivity contribution >= 4 is 33.6 Å². The molecule has 0 bridgehead atoms. The van der Waals surface area contributed by atoms with Crippen LogP contribution in [0.15, 0.2) is 82.4 Å². The fraction of sp³-hybridized carbons (Fsp3) is 0.160. The summed E-state index contributed by atoms with van der Waals surface area (Å²) in [5.74, 6) is 1.86. The van der Waals surface area contributed by atoms with Gasteiger partial charge in [0.25, 0.3) is 5.91 Å². The Morgan fingerprint density at radius 3 is 2.61 bits per heavy atom. The third kappa shape index (κ3) is 5.83. The first-order valence-corrected chi connectivity index (χ1v) is 12.1. The Bertz CT molecular complexity index is 1260. The summed E-state index contributed by atoms with van der Waals surface area (Å²) in [6.07, 6.45) is 0. The molecule has 0 aliphatic rings. The monoisotopic (exact) mass is 522 g/mol. The number of rotatable bonds is 8. The molecule has 0 unspecified atom stereocenters. The molecule has 0 saturated heterocycles. The van der Waals surface area contributed by atoms with Crippen LogP contribution in [-0.4, -0.2) is 27.8 Å². The highest BCUT2D eigenvalue weighted by Crippen LogP contribution is 2.26. The highest BCUT2D eigenvalue weighted by Gasteiger charge is 2.16. The molecule has 3 aromatic carbocycles. The van der Waals surface area contributed by atoms with Gasteiger partial charge in [0.1, 0.15) is 5.75 Å². The van der Waals surface area contributed by atoms with Crippen LogP contribution in [0.25, 0.3) is 5.69 Å². The lowest BCUT2D eigenvalue weighted by atomic mass is 10.2. The summed E-state index contributed by atoms with van der Waals surface area (Å²) in [5.41, 5.74) is 3.82. The van der Waals surface area contributed by atoms with Gasteiger partial charge in [-0.1, -0.05) is 58.0 Å². The summed E-state index contributed by atoms with van der Waals surface area (Å²) in [7, 11) is 1.58. The maximum Gasteiger partial charge on any atom is 0.251 e. The average molecular weight is 523 g/mol. The third-order valence-corrected chi connectivity index (χ3v) is 6.51. The molecule has 0 spiro atoms. The van der Waals surface area contributed by atoms with E-state index in [1.807, 2.05) is 41.8 Å². The molecule has 1 heterocycles. The van der Waals surface area contributed by atoms with Crippen LogP contribution in [0.1, 0.15) is 27.3 Å². The van der Waals surface area contributed by atoms with Gasteiger partial charge in [0.2, 0.25) is 0 Å². The van der Waals surface area contributed by atoms with Crippen LogP contribution < -0.4 is 10.1 Å². The Labute approximate surface area is 205 Å². The molecule has 8 heteroatoms. The van der Waals surface area contributed by atoms with Gasteiger partial charge >= 0.3 is 0 Å². The van der Waals surface area contributed by atoms with Gasteiger partial charge in [-0.3, -0.25) is 9.36 Å². The maximum absolute atomic E-state index is 12.7. The van der Waals surface area contributed by atoms with E-state index in [0.717, 1.165) is 26.6 Å². The van der Waals surface area contributed by atoms with Crippen molar-refractivity contribution in [3.05, 3.63) is 99.8 Å². The van der Waals surface area contributed by atoms with Crippen LogP contribution in [-0.2, 0) is 12.3 Å². The number of carbonyl (C=O) groups excluding carboxylic acids is 1. The summed E-state index contributed by atoms with van der Waals surface area (Å²) in [6.45, 7) is 2.29. The predicted octanol–water partition coefficient (Wildman–Crippen LogP) is 5.57. The lowest BCUT2D eigenvalue weighted by Gasteiger charge is -2.12. The molecule has 6 nitrogen and oxygen atoms in total. The molecule has 1 aromatic heterocycles. The minimum atomic E-state index is -0.197. The molecule has 0 radical (unpaired) electrons. The molecule has 1 N–H and O–H groups in total. The summed E-state index contributed by atoms with van der Waals surface area (Å²) in [6, 6.07) is 23.4. The van der Waals surface area contributed by atoms with Crippen molar-refractivity contribution in [2.24, 2.45) is 0 Å². The lowest BCUT2D eigenvalue weighted by Crippen LogP contribution is -2.24. The summed E-state index contributed by atoms with van der Waals surface area (Å²) in [5, 5.41) is 12.5. The van der Waals surface area contributed by atoms with E-state index in [1.54, 1.807) is 43.1 Å². The van der Waals surface area contributed by atoms with Crippen LogP contribution in [0.2, 0.25) is 0 Å². The van der Waals surface area contributed by atoms with Crippen LogP contribution in [0, 0.1) is 6.92 Å². The predicted molar refractivity (Wildman–Crippen MR) is 134 cm³/mol. The number of hydrogen-bond donors (Lipinski definition) is 1. The molecule has 0 aliphatic heterocycles. The second-order valence-corrected chi connectivity index (χ2v) is 9.26. The standard InChI is InChI=1S/C25H23BrN4O2S/c1-17-5-3-7-21(13-17)30-23(15-27-24(31)19-6-4-8-22(14-19)32-2)28-29-25(30)33-16-18-9-11-20(26)12-10-18/h3-14H,15-16H2,1-2H3,(H,27,31). The fourth-order valence-corrected chi connectivity index (χ4v) is 4.48. The number of thioether (sulfide) groups is 1. The first kappa shape index (κ1) is 23.1. The molecular formula is C25H23BrN4O2S. The minimum Gasteiger partial charge on any atom is -0.497 e. The van der Waals surface area contributed by atoms with E-state index in [9.17, 15) is 4.79 Å². The second-order valence-electron chi connectivity index (χ2n) is 7.40. The molecular weight excluding hydrogens is 500 g/mol. The number of benzene rings is 3. The van der Waals surface area contributed by atoms with E-state index >= 15 is 0 Å². The quantitative estimate of drug-likeness (QED) is 0.306. The normalized spacial score (nSPS) is 10.8. The first-order chi connectivity index (χ1) is 16.0. The Morgan fingerprint density at radius 1 is 1.06 bits per heavy atom. The Kier molecular flexibility index (Phi) is 7.47. The molecule has 0 saturated carbocycles. The van der Waals surface area contributed by atoms with E-state index < -0.39 is 0 Å². The molecule has 33 heavy (non-hydrogen) atoms. The zero-order valence-corrected chi connectivity index (χ0v) is 20.7. The number of hydrogen-bond acceptors (Lipinski definition) is 5. The highest BCUT2D eigenvalue weighted by molar-refractivity contribution is 9.10. The smallest absolute Gasteiger partial charge is 0.251 e. The van der Waals surface area contributed by atoms with Crippen LogP contribution in [0.3, 0.4) is 0 Å². The topological polar surface area (TPSA) is 69.0 Å². The maximum atomic E-state index is 12.7. The number of amides is 1. The van der Waals surface area contributed by atoms with E-state index in [1.165, 1.54) is 5.56 Å². The number of aryl methyl sites for hydroxylation is 1. The van der Waals surface area contributed by atoms with Gasteiger partial charge in [-0.25, -0.2) is 0 Å². The van der Waals surface area contributed by atoms with Crippen LogP contribution >= 0.6 is 27.7 Å². The first-order valence-electron chi connectivity index (χ1n) is 10.3. The van der Waals surface area contributed by atoms with Gasteiger partial charge in [0.05, 0.1) is 13.7 Å². The fourth-order valence-electron chi connectivity index (χ4n) is 3.29. The van der Waals surface area contributed by atoms with Crippen molar-refractivity contribution in [2.45, 2.75) is 24.4 Å². The van der Waals surface area contributed by atoms with Gasteiger partial charge in [-0.05, 0) is 60.5 Å². The molecule has 0 atom stereocenters. The number of halogens is 1. The Balaban J connectivity index is 1.56. The number of methoxy groups -OCH3 is 1. The summed E-state index contributed by atoms with van der Waals surface area (Å²) in [4.78, 5) is 12.7. The summed E-state index contributed by atoms with van der Waals surface area (Å²) >= 11 is 5.08. The number of nitrogens with one attached hydrogen (secondary N) is 1. The van der Waals surface area contributed by atoms with Crippen molar-refractivity contribution in [1.82, 2.24) is 20.1 Å². The molecule has 1 amide bonds. The Hall–Kier alpha value is -3.10. The van der Waals surface area contributed by atoms with Crippen molar-refractivity contribution in [3.63, 3.8) is 0 Å². The highest BCUT2D eigenvalue weighted by atomic mass is 79.9. The second kappa shape index (κ2) is 10.7.